The number of hydrogen-bond acceptors (Lipinski definition) is 2. The van der Waals surface area contributed by atoms with E-state index in [4.69, 9.17) is 9.47 Å². The van der Waals surface area contributed by atoms with E-state index < -0.39 is 0 Å². The van der Waals surface area contributed by atoms with Gasteiger partial charge in [-0.1, -0.05) is 31.2 Å². The molecule has 2 nitrogen and oxygen atoms in total. The molecule has 0 aliphatic rings. The Bertz CT molecular complexity index is 544. The Kier molecular flexibility index (Phi) is 3.23. The number of ether oxygens (including phenoxy) is 2. The highest BCUT2D eigenvalue weighted by molar-refractivity contribution is 5.96. The van der Waals surface area contributed by atoms with Gasteiger partial charge in [-0.3, -0.25) is 0 Å². The van der Waals surface area contributed by atoms with Gasteiger partial charge in [0.1, 0.15) is 11.5 Å². The van der Waals surface area contributed by atoms with Crippen molar-refractivity contribution >= 4 is 10.8 Å². The molecule has 17 heavy (non-hydrogen) atoms. The molecule has 0 aromatic heterocycles. The minimum Gasteiger partial charge on any atom is -0.496 e. The normalized spacial score (nSPS) is 10.6. The van der Waals surface area contributed by atoms with Gasteiger partial charge in [0.25, 0.3) is 0 Å². The third-order valence-electron chi connectivity index (χ3n) is 3.25. The van der Waals surface area contributed by atoms with Crippen molar-refractivity contribution in [1.29, 1.82) is 0 Å². The van der Waals surface area contributed by atoms with Crippen LogP contribution in [0.25, 0.3) is 10.8 Å². The quantitative estimate of drug-likeness (QED) is 0.800. The van der Waals surface area contributed by atoms with Crippen LogP contribution in [0.2, 0.25) is 0 Å². The number of methoxy groups -OCH3 is 2. The van der Waals surface area contributed by atoms with Crippen LogP contribution in [-0.4, -0.2) is 14.2 Å². The van der Waals surface area contributed by atoms with Crippen LogP contribution in [0.3, 0.4) is 0 Å². The second-order valence-corrected chi connectivity index (χ2v) is 4.07. The Hall–Kier alpha value is -1.70. The molecule has 0 heterocycles. The molecule has 0 aliphatic heterocycles. The van der Waals surface area contributed by atoms with Gasteiger partial charge in [-0.25, -0.2) is 0 Å². The summed E-state index contributed by atoms with van der Waals surface area (Å²) in [5.74, 6) is 1.93. The number of benzene rings is 2. The van der Waals surface area contributed by atoms with E-state index in [9.17, 15) is 0 Å². The lowest BCUT2D eigenvalue weighted by Crippen LogP contribution is -1.99. The Morgan fingerprint density at radius 2 is 1.47 bits per heavy atom. The molecular weight excluding hydrogens is 212 g/mol. The molecule has 0 radical (unpaired) electrons. The monoisotopic (exact) mass is 230 g/mol. The number of fused-ring (bicyclic) bond motifs is 1. The molecule has 2 aromatic rings. The summed E-state index contributed by atoms with van der Waals surface area (Å²) in [5, 5.41) is 2.23. The second kappa shape index (κ2) is 4.66. The SMILES string of the molecule is CCc1c(C)c(OC)c2ccccc2c1OC. The third kappa shape index (κ3) is 1.74. The summed E-state index contributed by atoms with van der Waals surface area (Å²) in [4.78, 5) is 0. The maximum Gasteiger partial charge on any atom is 0.130 e. The highest BCUT2D eigenvalue weighted by atomic mass is 16.5. The lowest BCUT2D eigenvalue weighted by atomic mass is 9.97. The Labute approximate surface area is 102 Å². The molecule has 0 N–H and O–H groups in total. The van der Waals surface area contributed by atoms with Crippen molar-refractivity contribution in [1.82, 2.24) is 0 Å². The maximum absolute atomic E-state index is 5.57. The van der Waals surface area contributed by atoms with Gasteiger partial charge < -0.3 is 9.47 Å². The van der Waals surface area contributed by atoms with E-state index in [-0.39, 0.29) is 0 Å². The van der Waals surface area contributed by atoms with Gasteiger partial charge in [0, 0.05) is 16.3 Å². The summed E-state index contributed by atoms with van der Waals surface area (Å²) in [6, 6.07) is 8.20. The first-order chi connectivity index (χ1) is 8.24. The van der Waals surface area contributed by atoms with E-state index in [2.05, 4.69) is 26.0 Å². The molecule has 2 aromatic carbocycles. The molecule has 0 fully saturated rings. The molecule has 0 spiro atoms. The molecule has 0 unspecified atom stereocenters. The van der Waals surface area contributed by atoms with E-state index in [1.54, 1.807) is 14.2 Å². The molecule has 0 amide bonds. The van der Waals surface area contributed by atoms with Crippen LogP contribution in [0.15, 0.2) is 24.3 Å². The van der Waals surface area contributed by atoms with E-state index in [1.807, 2.05) is 12.1 Å². The molecule has 0 saturated heterocycles. The summed E-state index contributed by atoms with van der Waals surface area (Å²) in [5.41, 5.74) is 2.40. The van der Waals surface area contributed by atoms with Crippen LogP contribution in [0.1, 0.15) is 18.1 Å². The number of hydrogen-bond donors (Lipinski definition) is 0. The van der Waals surface area contributed by atoms with Crippen LogP contribution in [-0.2, 0) is 6.42 Å². The van der Waals surface area contributed by atoms with Crippen molar-refractivity contribution in [3.63, 3.8) is 0 Å². The average molecular weight is 230 g/mol. The van der Waals surface area contributed by atoms with Crippen molar-refractivity contribution in [2.45, 2.75) is 20.3 Å². The van der Waals surface area contributed by atoms with Gasteiger partial charge in [0.2, 0.25) is 0 Å². The minimum absolute atomic E-state index is 0.941. The Morgan fingerprint density at radius 1 is 0.941 bits per heavy atom. The fraction of sp³-hybridized carbons (Fsp3) is 0.333. The van der Waals surface area contributed by atoms with Crippen molar-refractivity contribution in [2.24, 2.45) is 0 Å². The van der Waals surface area contributed by atoms with Gasteiger partial charge in [-0.2, -0.15) is 0 Å². The van der Waals surface area contributed by atoms with E-state index in [0.717, 1.165) is 28.7 Å². The molecule has 0 bridgehead atoms. The van der Waals surface area contributed by atoms with Crippen molar-refractivity contribution in [3.05, 3.63) is 35.4 Å². The van der Waals surface area contributed by atoms with Crippen LogP contribution in [0.5, 0.6) is 11.5 Å². The first-order valence-corrected chi connectivity index (χ1v) is 5.86. The van der Waals surface area contributed by atoms with E-state index in [1.165, 1.54) is 11.1 Å². The fourth-order valence-corrected chi connectivity index (χ4v) is 2.47. The molecular formula is C15H18O2. The summed E-state index contributed by atoms with van der Waals surface area (Å²) >= 11 is 0. The van der Waals surface area contributed by atoms with Crippen molar-refractivity contribution < 1.29 is 9.47 Å². The van der Waals surface area contributed by atoms with Gasteiger partial charge in [-0.05, 0) is 18.9 Å². The predicted octanol–water partition coefficient (Wildman–Crippen LogP) is 3.73. The van der Waals surface area contributed by atoms with Crippen LogP contribution < -0.4 is 9.47 Å². The first kappa shape index (κ1) is 11.8. The molecule has 0 atom stereocenters. The van der Waals surface area contributed by atoms with Crippen molar-refractivity contribution in [3.8, 4) is 11.5 Å². The van der Waals surface area contributed by atoms with E-state index >= 15 is 0 Å². The smallest absolute Gasteiger partial charge is 0.130 e. The Balaban J connectivity index is 2.93. The molecule has 90 valence electrons. The number of rotatable bonds is 3. The van der Waals surface area contributed by atoms with Crippen LogP contribution in [0, 0.1) is 6.92 Å². The van der Waals surface area contributed by atoms with Crippen molar-refractivity contribution in [2.75, 3.05) is 14.2 Å². The zero-order valence-corrected chi connectivity index (χ0v) is 10.8. The van der Waals surface area contributed by atoms with Gasteiger partial charge in [0.15, 0.2) is 0 Å². The van der Waals surface area contributed by atoms with E-state index in [0.29, 0.717) is 0 Å². The molecule has 0 saturated carbocycles. The highest BCUT2D eigenvalue weighted by Crippen LogP contribution is 2.40. The maximum atomic E-state index is 5.57. The fourth-order valence-electron chi connectivity index (χ4n) is 2.47. The predicted molar refractivity (Wildman–Crippen MR) is 71.2 cm³/mol. The molecule has 0 aliphatic carbocycles. The highest BCUT2D eigenvalue weighted by Gasteiger charge is 2.16. The third-order valence-corrected chi connectivity index (χ3v) is 3.25. The van der Waals surface area contributed by atoms with Crippen LogP contribution in [0.4, 0.5) is 0 Å². The average Bonchev–Trinajstić information content (AvgIpc) is 2.37. The standard InChI is InChI=1S/C15H18O2/c1-5-11-10(2)14(16-3)12-8-6-7-9-13(12)15(11)17-4/h6-9H,5H2,1-4H3. The topological polar surface area (TPSA) is 18.5 Å². The molecule has 2 heteroatoms. The minimum atomic E-state index is 0.941. The van der Waals surface area contributed by atoms with Gasteiger partial charge in [0.05, 0.1) is 14.2 Å². The summed E-state index contributed by atoms with van der Waals surface area (Å²) in [6.45, 7) is 4.23. The Morgan fingerprint density at radius 3 is 1.94 bits per heavy atom. The zero-order chi connectivity index (χ0) is 12.4. The second-order valence-electron chi connectivity index (χ2n) is 4.07. The lowest BCUT2D eigenvalue weighted by Gasteiger charge is -2.17. The molecule has 2 rings (SSSR count). The largest absolute Gasteiger partial charge is 0.496 e. The summed E-state index contributed by atoms with van der Waals surface area (Å²) < 4.78 is 11.1. The lowest BCUT2D eigenvalue weighted by molar-refractivity contribution is 0.404. The zero-order valence-electron chi connectivity index (χ0n) is 10.8. The summed E-state index contributed by atoms with van der Waals surface area (Å²) in [6.07, 6.45) is 0.941. The summed E-state index contributed by atoms with van der Waals surface area (Å²) in [7, 11) is 3.45. The van der Waals surface area contributed by atoms with Crippen LogP contribution >= 0.6 is 0 Å². The van der Waals surface area contributed by atoms with Gasteiger partial charge in [-0.15, -0.1) is 0 Å². The first-order valence-electron chi connectivity index (χ1n) is 5.86. The van der Waals surface area contributed by atoms with Gasteiger partial charge >= 0.3 is 0 Å².